The Labute approximate surface area is 120 Å². The quantitative estimate of drug-likeness (QED) is 0.664. The van der Waals surface area contributed by atoms with Crippen molar-refractivity contribution in [3.05, 3.63) is 0 Å². The zero-order chi connectivity index (χ0) is 15.0. The SMILES string of the molecule is CCC(=O)NCCCC[C@H](N)C(=O)N1CCC[C@H]1C#N. The first-order valence-corrected chi connectivity index (χ1v) is 7.32. The van der Waals surface area contributed by atoms with E-state index in [9.17, 15) is 9.59 Å². The second-order valence-electron chi connectivity index (χ2n) is 5.12. The Balaban J connectivity index is 2.22. The van der Waals surface area contributed by atoms with Gasteiger partial charge in [0.25, 0.3) is 0 Å². The molecule has 1 saturated heterocycles. The van der Waals surface area contributed by atoms with Gasteiger partial charge in [0.05, 0.1) is 12.1 Å². The first kappa shape index (κ1) is 16.4. The number of nitrogens with two attached hydrogens (primary N) is 1. The number of carbonyl (C=O) groups excluding carboxylic acids is 2. The number of nitrogens with one attached hydrogen (secondary N) is 1. The van der Waals surface area contributed by atoms with E-state index in [4.69, 9.17) is 11.0 Å². The van der Waals surface area contributed by atoms with Crippen molar-refractivity contribution >= 4 is 11.8 Å². The van der Waals surface area contributed by atoms with Crippen molar-refractivity contribution in [3.63, 3.8) is 0 Å². The highest BCUT2D eigenvalue weighted by Gasteiger charge is 2.31. The number of hydrogen-bond acceptors (Lipinski definition) is 4. The van der Waals surface area contributed by atoms with Gasteiger partial charge in [-0.05, 0) is 32.1 Å². The van der Waals surface area contributed by atoms with Gasteiger partial charge in [-0.15, -0.1) is 0 Å². The fourth-order valence-corrected chi connectivity index (χ4v) is 2.34. The molecule has 1 rings (SSSR count). The lowest BCUT2D eigenvalue weighted by atomic mass is 10.1. The number of nitrogens with zero attached hydrogens (tertiary/aromatic N) is 2. The number of nitriles is 1. The summed E-state index contributed by atoms with van der Waals surface area (Å²) in [7, 11) is 0. The molecule has 0 saturated carbocycles. The van der Waals surface area contributed by atoms with Crippen LogP contribution >= 0.6 is 0 Å². The molecular weight excluding hydrogens is 256 g/mol. The van der Waals surface area contributed by atoms with Crippen LogP contribution in [0.4, 0.5) is 0 Å². The van der Waals surface area contributed by atoms with Crippen LogP contribution < -0.4 is 11.1 Å². The van der Waals surface area contributed by atoms with Crippen LogP contribution in [0.25, 0.3) is 0 Å². The van der Waals surface area contributed by atoms with Crippen molar-refractivity contribution in [2.24, 2.45) is 5.73 Å². The summed E-state index contributed by atoms with van der Waals surface area (Å²) in [5.41, 5.74) is 5.89. The number of hydrogen-bond donors (Lipinski definition) is 2. The summed E-state index contributed by atoms with van der Waals surface area (Å²) in [5, 5.41) is 11.8. The second-order valence-corrected chi connectivity index (χ2v) is 5.12. The molecule has 6 heteroatoms. The predicted molar refractivity (Wildman–Crippen MR) is 75.5 cm³/mol. The Bertz CT molecular complexity index is 378. The highest BCUT2D eigenvalue weighted by molar-refractivity contribution is 5.82. The summed E-state index contributed by atoms with van der Waals surface area (Å²) in [6.45, 7) is 3.07. The molecular formula is C14H24N4O2. The minimum absolute atomic E-state index is 0.0410. The molecule has 2 amide bonds. The molecule has 0 aromatic carbocycles. The van der Waals surface area contributed by atoms with E-state index >= 15 is 0 Å². The maximum atomic E-state index is 12.1. The lowest BCUT2D eigenvalue weighted by Crippen LogP contribution is -2.45. The molecule has 112 valence electrons. The number of rotatable bonds is 7. The minimum atomic E-state index is -0.536. The van der Waals surface area contributed by atoms with Gasteiger partial charge < -0.3 is 16.0 Å². The van der Waals surface area contributed by atoms with Gasteiger partial charge in [0.2, 0.25) is 11.8 Å². The topological polar surface area (TPSA) is 99.2 Å². The Kier molecular flexibility index (Phi) is 7.02. The van der Waals surface area contributed by atoms with Crippen LogP contribution in [0.5, 0.6) is 0 Å². The van der Waals surface area contributed by atoms with Crippen LogP contribution in [-0.2, 0) is 9.59 Å². The van der Waals surface area contributed by atoms with Gasteiger partial charge in [0, 0.05) is 19.5 Å². The third-order valence-corrected chi connectivity index (χ3v) is 3.59. The van der Waals surface area contributed by atoms with Crippen molar-refractivity contribution in [1.29, 1.82) is 5.26 Å². The summed E-state index contributed by atoms with van der Waals surface area (Å²) in [6.07, 6.45) is 4.31. The van der Waals surface area contributed by atoms with Crippen LogP contribution in [0, 0.1) is 11.3 Å². The number of amides is 2. The molecule has 0 bridgehead atoms. The highest BCUT2D eigenvalue weighted by Crippen LogP contribution is 2.18. The van der Waals surface area contributed by atoms with E-state index in [2.05, 4.69) is 11.4 Å². The molecule has 1 aliphatic rings. The van der Waals surface area contributed by atoms with E-state index in [1.165, 1.54) is 0 Å². The summed E-state index contributed by atoms with van der Waals surface area (Å²) >= 11 is 0. The van der Waals surface area contributed by atoms with E-state index in [0.717, 1.165) is 25.7 Å². The molecule has 1 heterocycles. The minimum Gasteiger partial charge on any atom is -0.356 e. The predicted octanol–water partition coefficient (Wildman–Crippen LogP) is 0.525. The normalized spacial score (nSPS) is 19.4. The van der Waals surface area contributed by atoms with Crippen molar-refractivity contribution in [3.8, 4) is 6.07 Å². The maximum Gasteiger partial charge on any atom is 0.240 e. The van der Waals surface area contributed by atoms with Gasteiger partial charge in [-0.3, -0.25) is 9.59 Å². The van der Waals surface area contributed by atoms with Crippen molar-refractivity contribution in [2.75, 3.05) is 13.1 Å². The molecule has 20 heavy (non-hydrogen) atoms. The van der Waals surface area contributed by atoms with Gasteiger partial charge in [-0.25, -0.2) is 0 Å². The maximum absolute atomic E-state index is 12.1. The molecule has 0 aliphatic carbocycles. The summed E-state index contributed by atoms with van der Waals surface area (Å²) < 4.78 is 0. The molecule has 1 aliphatic heterocycles. The van der Waals surface area contributed by atoms with Crippen molar-refractivity contribution < 1.29 is 9.59 Å². The molecule has 0 spiro atoms. The van der Waals surface area contributed by atoms with E-state index in [0.29, 0.717) is 25.9 Å². The van der Waals surface area contributed by atoms with Crippen LogP contribution in [-0.4, -0.2) is 41.9 Å². The summed E-state index contributed by atoms with van der Waals surface area (Å²) in [5.74, 6) is -0.0778. The number of carbonyl (C=O) groups is 2. The molecule has 0 radical (unpaired) electrons. The molecule has 3 N–H and O–H groups in total. The largest absolute Gasteiger partial charge is 0.356 e. The van der Waals surface area contributed by atoms with Gasteiger partial charge in [-0.2, -0.15) is 5.26 Å². The average molecular weight is 280 g/mol. The fraction of sp³-hybridized carbons (Fsp3) is 0.786. The highest BCUT2D eigenvalue weighted by atomic mass is 16.2. The monoisotopic (exact) mass is 280 g/mol. The zero-order valence-corrected chi connectivity index (χ0v) is 12.1. The summed E-state index contributed by atoms with van der Waals surface area (Å²) in [6, 6.07) is 1.30. The Hall–Kier alpha value is -1.61. The molecule has 1 fully saturated rings. The first-order valence-electron chi connectivity index (χ1n) is 7.32. The smallest absolute Gasteiger partial charge is 0.240 e. The lowest BCUT2D eigenvalue weighted by Gasteiger charge is -2.23. The van der Waals surface area contributed by atoms with Crippen LogP contribution in [0.1, 0.15) is 45.4 Å². The standard InChI is InChI=1S/C14H24N4O2/c1-2-13(19)17-8-4-3-7-12(16)14(20)18-9-5-6-11(18)10-15/h11-12H,2-9,16H2,1H3,(H,17,19)/t11-,12-/m0/s1. The molecule has 2 atom stereocenters. The van der Waals surface area contributed by atoms with E-state index in [-0.39, 0.29) is 17.9 Å². The van der Waals surface area contributed by atoms with E-state index in [1.54, 1.807) is 4.90 Å². The zero-order valence-electron chi connectivity index (χ0n) is 12.1. The third-order valence-electron chi connectivity index (χ3n) is 3.59. The lowest BCUT2D eigenvalue weighted by molar-refractivity contribution is -0.132. The molecule has 0 aromatic rings. The Morgan fingerprint density at radius 3 is 2.90 bits per heavy atom. The molecule has 6 nitrogen and oxygen atoms in total. The Morgan fingerprint density at radius 1 is 1.50 bits per heavy atom. The third kappa shape index (κ3) is 4.82. The van der Waals surface area contributed by atoms with Crippen LogP contribution in [0.3, 0.4) is 0 Å². The number of likely N-dealkylation sites (tertiary alicyclic amines) is 1. The van der Waals surface area contributed by atoms with E-state index in [1.807, 2.05) is 6.92 Å². The van der Waals surface area contributed by atoms with Crippen LogP contribution in [0.2, 0.25) is 0 Å². The second kappa shape index (κ2) is 8.54. The van der Waals surface area contributed by atoms with Gasteiger partial charge in [0.1, 0.15) is 6.04 Å². The fourth-order valence-electron chi connectivity index (χ4n) is 2.34. The van der Waals surface area contributed by atoms with Crippen molar-refractivity contribution in [2.45, 2.75) is 57.5 Å². The van der Waals surface area contributed by atoms with Crippen LogP contribution in [0.15, 0.2) is 0 Å². The van der Waals surface area contributed by atoms with Crippen molar-refractivity contribution in [1.82, 2.24) is 10.2 Å². The van der Waals surface area contributed by atoms with Gasteiger partial charge >= 0.3 is 0 Å². The summed E-state index contributed by atoms with van der Waals surface area (Å²) in [4.78, 5) is 24.7. The van der Waals surface area contributed by atoms with Gasteiger partial charge in [-0.1, -0.05) is 6.92 Å². The van der Waals surface area contributed by atoms with E-state index < -0.39 is 6.04 Å². The van der Waals surface area contributed by atoms with Gasteiger partial charge in [0.15, 0.2) is 0 Å². The molecule has 0 unspecified atom stereocenters. The molecule has 0 aromatic heterocycles. The number of unbranched alkanes of at least 4 members (excludes halogenated alkanes) is 1. The average Bonchev–Trinajstić information content (AvgIpc) is 2.93. The first-order chi connectivity index (χ1) is 9.60. The Morgan fingerprint density at radius 2 is 2.25 bits per heavy atom.